The zero-order valence-electron chi connectivity index (χ0n) is 12.4. The number of rotatable bonds is 8. The van der Waals surface area contributed by atoms with Crippen molar-refractivity contribution < 1.29 is 19.4 Å². The van der Waals surface area contributed by atoms with Crippen LogP contribution in [0.3, 0.4) is 0 Å². The number of hydrogen-bond acceptors (Lipinski definition) is 5. The monoisotopic (exact) mass is 274 g/mol. The molecule has 0 aromatic rings. The second-order valence-corrected chi connectivity index (χ2v) is 4.95. The number of aliphatic hydroxyl groups is 1. The molecular formula is C13H26N2O4. The fourth-order valence-corrected chi connectivity index (χ4v) is 1.69. The Labute approximate surface area is 114 Å². The van der Waals surface area contributed by atoms with Gasteiger partial charge in [-0.1, -0.05) is 13.8 Å². The highest BCUT2D eigenvalue weighted by molar-refractivity contribution is 5.87. The van der Waals surface area contributed by atoms with Gasteiger partial charge in [-0.2, -0.15) is 0 Å². The number of amides is 1. The highest BCUT2D eigenvalue weighted by Gasteiger charge is 2.29. The van der Waals surface area contributed by atoms with Gasteiger partial charge in [0.2, 0.25) is 5.91 Å². The summed E-state index contributed by atoms with van der Waals surface area (Å²) in [5, 5.41) is 15.0. The number of carbonyl (C=O) groups is 2. The molecule has 0 radical (unpaired) electrons. The summed E-state index contributed by atoms with van der Waals surface area (Å²) in [6.07, 6.45) is -0.350. The molecule has 0 fully saturated rings. The van der Waals surface area contributed by atoms with E-state index in [0.717, 1.165) is 0 Å². The number of nitrogens with one attached hydrogen (secondary N) is 2. The molecule has 0 aliphatic carbocycles. The Hall–Kier alpha value is -1.14. The molecule has 0 aliphatic heterocycles. The smallest absolute Gasteiger partial charge is 0.331 e. The molecule has 6 heteroatoms. The molecule has 3 atom stereocenters. The Balaban J connectivity index is 4.65. The van der Waals surface area contributed by atoms with Crippen molar-refractivity contribution in [3.63, 3.8) is 0 Å². The number of ether oxygens (including phenoxy) is 1. The van der Waals surface area contributed by atoms with Gasteiger partial charge >= 0.3 is 5.97 Å². The topological polar surface area (TPSA) is 87.7 Å². The molecule has 6 nitrogen and oxygen atoms in total. The molecule has 0 aromatic heterocycles. The molecule has 0 aliphatic rings. The molecule has 0 spiro atoms. The van der Waals surface area contributed by atoms with Crippen LogP contribution < -0.4 is 10.6 Å². The van der Waals surface area contributed by atoms with Gasteiger partial charge in [0.05, 0.1) is 18.8 Å². The molecular weight excluding hydrogens is 248 g/mol. The van der Waals surface area contributed by atoms with Crippen molar-refractivity contribution in [3.8, 4) is 0 Å². The summed E-state index contributed by atoms with van der Waals surface area (Å²) in [5.41, 5.74) is 0. The lowest BCUT2D eigenvalue weighted by Gasteiger charge is -2.23. The maximum Gasteiger partial charge on any atom is 0.331 e. The summed E-state index contributed by atoms with van der Waals surface area (Å²) in [6, 6.07) is -1.42. The van der Waals surface area contributed by atoms with Crippen LogP contribution in [0.2, 0.25) is 0 Å². The Bertz CT molecular complexity index is 292. The van der Waals surface area contributed by atoms with Crippen molar-refractivity contribution in [1.29, 1.82) is 0 Å². The predicted octanol–water partition coefficient (Wildman–Crippen LogP) is 0.0492. The minimum atomic E-state index is -1.03. The molecule has 0 bridgehead atoms. The van der Waals surface area contributed by atoms with E-state index in [1.807, 2.05) is 13.8 Å². The van der Waals surface area contributed by atoms with Crippen molar-refractivity contribution in [2.75, 3.05) is 13.7 Å². The van der Waals surface area contributed by atoms with E-state index in [1.54, 1.807) is 14.0 Å². The molecule has 0 aromatic carbocycles. The van der Waals surface area contributed by atoms with Gasteiger partial charge in [-0.3, -0.25) is 4.79 Å². The lowest BCUT2D eigenvalue weighted by atomic mass is 10.0. The second kappa shape index (κ2) is 8.87. The number of likely N-dealkylation sites (N-methyl/N-ethyl adjacent to an activating group) is 1. The van der Waals surface area contributed by atoms with Crippen LogP contribution in [0.15, 0.2) is 0 Å². The van der Waals surface area contributed by atoms with Crippen LogP contribution >= 0.6 is 0 Å². The number of hydrogen-bond donors (Lipinski definition) is 3. The zero-order chi connectivity index (χ0) is 15.0. The van der Waals surface area contributed by atoms with Crippen LogP contribution in [0, 0.1) is 5.92 Å². The summed E-state index contributed by atoms with van der Waals surface area (Å²) in [4.78, 5) is 23.7. The van der Waals surface area contributed by atoms with Crippen molar-refractivity contribution in [3.05, 3.63) is 0 Å². The fraction of sp³-hybridized carbons (Fsp3) is 0.846. The fourth-order valence-electron chi connectivity index (χ4n) is 1.69. The first-order valence-corrected chi connectivity index (χ1v) is 6.65. The lowest BCUT2D eigenvalue weighted by Crippen LogP contribution is -2.54. The SMILES string of the molecule is CCOC(=O)[C@H](NC(=O)C(CC(C)C)NC)C(C)O. The van der Waals surface area contributed by atoms with E-state index in [0.29, 0.717) is 12.3 Å². The number of esters is 1. The van der Waals surface area contributed by atoms with Gasteiger partial charge in [-0.25, -0.2) is 4.79 Å². The maximum atomic E-state index is 12.0. The van der Waals surface area contributed by atoms with Crippen LogP contribution in [-0.4, -0.2) is 48.8 Å². The van der Waals surface area contributed by atoms with E-state index in [9.17, 15) is 14.7 Å². The molecule has 3 N–H and O–H groups in total. The normalized spacial score (nSPS) is 15.7. The minimum Gasteiger partial charge on any atom is -0.464 e. The Morgan fingerprint density at radius 3 is 2.21 bits per heavy atom. The van der Waals surface area contributed by atoms with Gasteiger partial charge in [-0.05, 0) is 33.2 Å². The Morgan fingerprint density at radius 2 is 1.84 bits per heavy atom. The van der Waals surface area contributed by atoms with E-state index in [1.165, 1.54) is 6.92 Å². The highest BCUT2D eigenvalue weighted by atomic mass is 16.5. The van der Waals surface area contributed by atoms with Crippen LogP contribution in [0.1, 0.15) is 34.1 Å². The average molecular weight is 274 g/mol. The minimum absolute atomic E-state index is 0.208. The third kappa shape index (κ3) is 6.54. The third-order valence-corrected chi connectivity index (χ3v) is 2.69. The van der Waals surface area contributed by atoms with Gasteiger partial charge in [0.1, 0.15) is 0 Å². The highest BCUT2D eigenvalue weighted by Crippen LogP contribution is 2.06. The molecule has 19 heavy (non-hydrogen) atoms. The van der Waals surface area contributed by atoms with Crippen molar-refractivity contribution in [2.45, 2.75) is 52.3 Å². The van der Waals surface area contributed by atoms with Crippen LogP contribution in [0.4, 0.5) is 0 Å². The Kier molecular flexibility index (Phi) is 8.34. The van der Waals surface area contributed by atoms with E-state index in [-0.39, 0.29) is 12.5 Å². The van der Waals surface area contributed by atoms with Gasteiger partial charge in [0.25, 0.3) is 0 Å². The lowest BCUT2D eigenvalue weighted by molar-refractivity contribution is -0.150. The maximum absolute atomic E-state index is 12.0. The average Bonchev–Trinajstić information content (AvgIpc) is 2.32. The van der Waals surface area contributed by atoms with Crippen molar-refractivity contribution in [2.24, 2.45) is 5.92 Å². The molecule has 2 unspecified atom stereocenters. The van der Waals surface area contributed by atoms with Crippen molar-refractivity contribution in [1.82, 2.24) is 10.6 Å². The first-order chi connectivity index (χ1) is 8.83. The molecule has 112 valence electrons. The molecule has 0 saturated carbocycles. The van der Waals surface area contributed by atoms with Crippen LogP contribution in [0.25, 0.3) is 0 Å². The summed E-state index contributed by atoms with van der Waals surface area (Å²) < 4.78 is 4.83. The number of carbonyl (C=O) groups excluding carboxylic acids is 2. The second-order valence-electron chi connectivity index (χ2n) is 4.95. The summed E-state index contributed by atoms with van der Waals surface area (Å²) >= 11 is 0. The zero-order valence-corrected chi connectivity index (χ0v) is 12.4. The largest absolute Gasteiger partial charge is 0.464 e. The van der Waals surface area contributed by atoms with E-state index in [2.05, 4.69) is 10.6 Å². The van der Waals surface area contributed by atoms with Crippen LogP contribution in [-0.2, 0) is 14.3 Å². The molecule has 0 saturated heterocycles. The first kappa shape index (κ1) is 17.9. The standard InChI is InChI=1S/C13H26N2O4/c1-6-19-13(18)11(9(4)16)15-12(17)10(14-5)7-8(2)3/h8-11,14,16H,6-7H2,1-5H3,(H,15,17)/t9?,10?,11-/m1/s1. The molecule has 0 heterocycles. The molecule has 0 rings (SSSR count). The summed E-state index contributed by atoms with van der Waals surface area (Å²) in [5.74, 6) is -0.587. The van der Waals surface area contributed by atoms with Gasteiger partial charge in [-0.15, -0.1) is 0 Å². The first-order valence-electron chi connectivity index (χ1n) is 6.65. The van der Waals surface area contributed by atoms with Crippen LogP contribution in [0.5, 0.6) is 0 Å². The molecule has 1 amide bonds. The quantitative estimate of drug-likeness (QED) is 0.544. The summed E-state index contributed by atoms with van der Waals surface area (Å²) in [6.45, 7) is 7.34. The number of aliphatic hydroxyl groups excluding tert-OH is 1. The third-order valence-electron chi connectivity index (χ3n) is 2.69. The summed E-state index contributed by atoms with van der Waals surface area (Å²) in [7, 11) is 1.69. The van der Waals surface area contributed by atoms with E-state index in [4.69, 9.17) is 4.74 Å². The van der Waals surface area contributed by atoms with E-state index < -0.39 is 24.2 Å². The Morgan fingerprint density at radius 1 is 1.26 bits per heavy atom. The predicted molar refractivity (Wildman–Crippen MR) is 72.5 cm³/mol. The van der Waals surface area contributed by atoms with E-state index >= 15 is 0 Å². The van der Waals surface area contributed by atoms with Gasteiger partial charge in [0, 0.05) is 0 Å². The van der Waals surface area contributed by atoms with Gasteiger partial charge in [0.15, 0.2) is 6.04 Å². The van der Waals surface area contributed by atoms with Crippen molar-refractivity contribution >= 4 is 11.9 Å². The van der Waals surface area contributed by atoms with Gasteiger partial charge < -0.3 is 20.5 Å².